The number of hydrogen-bond donors (Lipinski definition) is 2. The van der Waals surface area contributed by atoms with E-state index in [2.05, 4.69) is 20.9 Å². The number of carbonyl (C=O) groups is 1. The fraction of sp³-hybridized carbons (Fsp3) is 0.357. The summed E-state index contributed by atoms with van der Waals surface area (Å²) < 4.78 is 14.7. The van der Waals surface area contributed by atoms with E-state index >= 15 is 0 Å². The van der Waals surface area contributed by atoms with Crippen molar-refractivity contribution < 1.29 is 9.18 Å². The van der Waals surface area contributed by atoms with Crippen molar-refractivity contribution in [3.63, 3.8) is 0 Å². The number of nitrogens with one attached hydrogen (secondary N) is 2. The van der Waals surface area contributed by atoms with Crippen LogP contribution in [0.2, 0.25) is 5.02 Å². The molecule has 0 saturated heterocycles. The van der Waals surface area contributed by atoms with Gasteiger partial charge in [-0.1, -0.05) is 23.7 Å². The minimum Gasteiger partial charge on any atom is -0.349 e. The second-order valence-corrected chi connectivity index (χ2v) is 5.05. The molecule has 1 aromatic heterocycles. The van der Waals surface area contributed by atoms with Crippen LogP contribution in [0.1, 0.15) is 23.1 Å². The molecule has 0 aliphatic rings. The zero-order valence-corrected chi connectivity index (χ0v) is 14.3. The number of benzene rings is 1. The van der Waals surface area contributed by atoms with Gasteiger partial charge in [-0.3, -0.25) is 4.79 Å². The Morgan fingerprint density at radius 3 is 2.78 bits per heavy atom. The molecule has 0 aliphatic heterocycles. The molecule has 1 aromatic carbocycles. The summed E-state index contributed by atoms with van der Waals surface area (Å²) in [7, 11) is 0. The first-order chi connectivity index (χ1) is 10.5. The fourth-order valence-electron chi connectivity index (χ4n) is 1.93. The van der Waals surface area contributed by atoms with Gasteiger partial charge in [0.2, 0.25) is 0 Å². The first-order valence-corrected chi connectivity index (χ1v) is 7.29. The van der Waals surface area contributed by atoms with Crippen LogP contribution in [0.5, 0.6) is 0 Å². The van der Waals surface area contributed by atoms with Crippen LogP contribution >= 0.6 is 24.0 Å². The summed E-state index contributed by atoms with van der Waals surface area (Å²) in [6.07, 6.45) is 0. The molecule has 9 heteroatoms. The van der Waals surface area contributed by atoms with Crippen molar-refractivity contribution in [1.82, 2.24) is 25.6 Å². The van der Waals surface area contributed by atoms with Gasteiger partial charge in [0, 0.05) is 13.1 Å². The molecule has 0 fully saturated rings. The van der Waals surface area contributed by atoms with E-state index in [0.717, 1.165) is 6.54 Å². The summed E-state index contributed by atoms with van der Waals surface area (Å²) in [6, 6.07) is 4.20. The highest BCUT2D eigenvalue weighted by Gasteiger charge is 2.17. The quantitative estimate of drug-likeness (QED) is 0.773. The van der Waals surface area contributed by atoms with Crippen molar-refractivity contribution in [2.75, 3.05) is 19.6 Å². The second kappa shape index (κ2) is 8.81. The fourth-order valence-corrected chi connectivity index (χ4v) is 2.10. The predicted octanol–water partition coefficient (Wildman–Crippen LogP) is 2.13. The Bertz CT molecular complexity index is 677. The monoisotopic (exact) mass is 361 g/mol. The Labute approximate surface area is 144 Å². The molecule has 0 saturated carbocycles. The molecule has 2 rings (SSSR count). The van der Waals surface area contributed by atoms with Crippen LogP contribution in [0.25, 0.3) is 5.69 Å². The van der Waals surface area contributed by atoms with Crippen molar-refractivity contribution in [2.45, 2.75) is 13.8 Å². The molecule has 0 radical (unpaired) electrons. The van der Waals surface area contributed by atoms with E-state index in [1.54, 1.807) is 6.92 Å². The molecule has 1 heterocycles. The number of likely N-dealkylation sites (N-methyl/N-ethyl adjacent to an activating group) is 1. The average molecular weight is 362 g/mol. The second-order valence-electron chi connectivity index (χ2n) is 4.64. The Morgan fingerprint density at radius 2 is 2.13 bits per heavy atom. The molecule has 2 N–H and O–H groups in total. The minimum absolute atomic E-state index is 0. The Hall–Kier alpha value is -1.70. The number of nitrogens with zero attached hydrogens (tertiary/aromatic N) is 3. The first-order valence-electron chi connectivity index (χ1n) is 6.91. The molecule has 2 aromatic rings. The summed E-state index contributed by atoms with van der Waals surface area (Å²) in [4.78, 5) is 12.1. The molecule has 0 atom stereocenters. The van der Waals surface area contributed by atoms with Crippen LogP contribution in [0.4, 0.5) is 4.39 Å². The topological polar surface area (TPSA) is 71.8 Å². The van der Waals surface area contributed by atoms with E-state index in [1.165, 1.54) is 22.9 Å². The summed E-state index contributed by atoms with van der Waals surface area (Å²) in [5.74, 6) is -0.806. The lowest BCUT2D eigenvalue weighted by atomic mass is 10.2. The highest BCUT2D eigenvalue weighted by Crippen LogP contribution is 2.20. The lowest BCUT2D eigenvalue weighted by Crippen LogP contribution is -2.32. The molecule has 1 amide bonds. The van der Waals surface area contributed by atoms with Gasteiger partial charge in [0.15, 0.2) is 5.69 Å². The minimum atomic E-state index is -0.510. The summed E-state index contributed by atoms with van der Waals surface area (Å²) in [6.45, 7) is 5.74. The van der Waals surface area contributed by atoms with E-state index in [9.17, 15) is 9.18 Å². The number of halogens is 3. The highest BCUT2D eigenvalue weighted by atomic mass is 35.5. The van der Waals surface area contributed by atoms with Crippen LogP contribution in [0.3, 0.4) is 0 Å². The number of carbonyl (C=O) groups excluding carboxylic acids is 1. The smallest absolute Gasteiger partial charge is 0.273 e. The normalized spacial score (nSPS) is 10.3. The third kappa shape index (κ3) is 4.63. The van der Waals surface area contributed by atoms with E-state index in [-0.39, 0.29) is 29.0 Å². The van der Waals surface area contributed by atoms with Crippen molar-refractivity contribution in [3.05, 3.63) is 40.4 Å². The zero-order chi connectivity index (χ0) is 16.1. The van der Waals surface area contributed by atoms with Crippen LogP contribution in [0.15, 0.2) is 18.2 Å². The Kier molecular flexibility index (Phi) is 7.41. The van der Waals surface area contributed by atoms with E-state index in [0.29, 0.717) is 24.5 Å². The van der Waals surface area contributed by atoms with Crippen molar-refractivity contribution >= 4 is 29.9 Å². The average Bonchev–Trinajstić information content (AvgIpc) is 2.88. The molecular formula is C14H18Cl2FN5O. The maximum Gasteiger partial charge on any atom is 0.273 e. The van der Waals surface area contributed by atoms with Gasteiger partial charge in [0.1, 0.15) is 5.82 Å². The van der Waals surface area contributed by atoms with Gasteiger partial charge in [0.25, 0.3) is 5.91 Å². The maximum atomic E-state index is 13.2. The SMILES string of the molecule is CCNCCNC(=O)c1nnn(-c2ccc(F)c(Cl)c2)c1C.Cl. The van der Waals surface area contributed by atoms with Crippen LogP contribution < -0.4 is 10.6 Å². The molecule has 6 nitrogen and oxygen atoms in total. The van der Waals surface area contributed by atoms with Crippen molar-refractivity contribution in [2.24, 2.45) is 0 Å². The maximum absolute atomic E-state index is 13.2. The number of rotatable bonds is 6. The molecule has 0 aliphatic carbocycles. The molecule has 0 spiro atoms. The van der Waals surface area contributed by atoms with Crippen LogP contribution in [0, 0.1) is 12.7 Å². The van der Waals surface area contributed by atoms with Gasteiger partial charge in [-0.15, -0.1) is 17.5 Å². The van der Waals surface area contributed by atoms with Crippen molar-refractivity contribution in [3.8, 4) is 5.69 Å². The Morgan fingerprint density at radius 1 is 1.39 bits per heavy atom. The third-order valence-corrected chi connectivity index (χ3v) is 3.38. The molecule has 0 bridgehead atoms. The van der Waals surface area contributed by atoms with E-state index in [4.69, 9.17) is 11.6 Å². The van der Waals surface area contributed by atoms with Crippen LogP contribution in [-0.2, 0) is 0 Å². The zero-order valence-electron chi connectivity index (χ0n) is 12.8. The summed E-state index contributed by atoms with van der Waals surface area (Å²) in [5.41, 5.74) is 1.34. The third-order valence-electron chi connectivity index (χ3n) is 3.09. The van der Waals surface area contributed by atoms with Gasteiger partial charge >= 0.3 is 0 Å². The van der Waals surface area contributed by atoms with E-state index < -0.39 is 5.82 Å². The largest absolute Gasteiger partial charge is 0.349 e. The number of amides is 1. The molecular weight excluding hydrogens is 344 g/mol. The van der Waals surface area contributed by atoms with Gasteiger partial charge in [-0.25, -0.2) is 9.07 Å². The molecule has 0 unspecified atom stereocenters. The Balaban J connectivity index is 0.00000264. The molecule has 126 valence electrons. The molecule has 23 heavy (non-hydrogen) atoms. The van der Waals surface area contributed by atoms with Gasteiger partial charge in [-0.2, -0.15) is 0 Å². The summed E-state index contributed by atoms with van der Waals surface area (Å²) >= 11 is 5.76. The van der Waals surface area contributed by atoms with Gasteiger partial charge in [-0.05, 0) is 31.7 Å². The van der Waals surface area contributed by atoms with Crippen LogP contribution in [-0.4, -0.2) is 40.5 Å². The predicted molar refractivity (Wildman–Crippen MR) is 89.2 cm³/mol. The van der Waals surface area contributed by atoms with Gasteiger partial charge < -0.3 is 10.6 Å². The van der Waals surface area contributed by atoms with Gasteiger partial charge in [0.05, 0.1) is 16.4 Å². The number of aromatic nitrogens is 3. The van der Waals surface area contributed by atoms with E-state index in [1.807, 2.05) is 6.92 Å². The highest BCUT2D eigenvalue weighted by molar-refractivity contribution is 6.30. The number of hydrogen-bond acceptors (Lipinski definition) is 4. The summed E-state index contributed by atoms with van der Waals surface area (Å²) in [5, 5.41) is 13.7. The lowest BCUT2D eigenvalue weighted by molar-refractivity contribution is 0.0948. The first kappa shape index (κ1) is 19.3. The lowest BCUT2D eigenvalue weighted by Gasteiger charge is -2.06. The standard InChI is InChI=1S/C14H17ClFN5O.ClH/c1-3-17-6-7-18-14(22)13-9(2)21(20-19-13)10-4-5-12(16)11(15)8-10;/h4-5,8,17H,3,6-7H2,1-2H3,(H,18,22);1H. The van der Waals surface area contributed by atoms with Crippen molar-refractivity contribution in [1.29, 1.82) is 0 Å².